The van der Waals surface area contributed by atoms with Gasteiger partial charge in [0.25, 0.3) is 0 Å². The van der Waals surface area contributed by atoms with Gasteiger partial charge in [0.1, 0.15) is 16.5 Å². The number of fused-ring (bicyclic) bond motifs is 1. The molecule has 0 aliphatic heterocycles. The lowest BCUT2D eigenvalue weighted by atomic mass is 10.3. The predicted molar refractivity (Wildman–Crippen MR) is 98.5 cm³/mol. The van der Waals surface area contributed by atoms with E-state index in [2.05, 4.69) is 15.3 Å². The summed E-state index contributed by atoms with van der Waals surface area (Å²) in [4.78, 5) is 11.5. The molecule has 0 spiro atoms. The number of anilines is 1. The zero-order chi connectivity index (χ0) is 17.2. The molecule has 0 bridgehead atoms. The Balaban J connectivity index is 1.78. The Labute approximate surface area is 145 Å². The molecule has 3 aromatic rings. The maximum absolute atomic E-state index is 12.3. The zero-order valence-corrected chi connectivity index (χ0v) is 15.2. The van der Waals surface area contributed by atoms with E-state index in [0.29, 0.717) is 17.3 Å². The molecule has 0 amide bonds. The van der Waals surface area contributed by atoms with Crippen molar-refractivity contribution in [1.82, 2.24) is 9.97 Å². The minimum absolute atomic E-state index is 0.0209. The van der Waals surface area contributed by atoms with Gasteiger partial charge < -0.3 is 5.32 Å². The molecule has 24 heavy (non-hydrogen) atoms. The van der Waals surface area contributed by atoms with Crippen LogP contribution in [0, 0.1) is 6.92 Å². The first-order valence-electron chi connectivity index (χ1n) is 7.78. The molecule has 1 N–H and O–H groups in total. The Bertz CT molecular complexity index is 951. The fourth-order valence-electron chi connectivity index (χ4n) is 2.43. The van der Waals surface area contributed by atoms with Crippen LogP contribution in [0.2, 0.25) is 0 Å². The maximum atomic E-state index is 12.3. The largest absolute Gasteiger partial charge is 0.368 e. The molecule has 0 unspecified atom stereocenters. The van der Waals surface area contributed by atoms with Crippen molar-refractivity contribution in [1.29, 1.82) is 0 Å². The summed E-state index contributed by atoms with van der Waals surface area (Å²) in [5.41, 5.74) is 0. The molecule has 7 heteroatoms. The molecule has 126 valence electrons. The van der Waals surface area contributed by atoms with E-state index in [1.807, 2.05) is 19.9 Å². The molecule has 0 atom stereocenters. The van der Waals surface area contributed by atoms with Crippen molar-refractivity contribution in [2.24, 2.45) is 0 Å². The molecule has 0 aliphatic rings. The number of nitrogens with one attached hydrogen (secondary N) is 1. The zero-order valence-electron chi connectivity index (χ0n) is 13.6. The molecule has 0 radical (unpaired) electrons. The highest BCUT2D eigenvalue weighted by Gasteiger charge is 2.15. The molecule has 0 fully saturated rings. The topological polar surface area (TPSA) is 72.0 Å². The van der Waals surface area contributed by atoms with Gasteiger partial charge in [0, 0.05) is 17.8 Å². The van der Waals surface area contributed by atoms with Crippen LogP contribution in [0.5, 0.6) is 0 Å². The van der Waals surface area contributed by atoms with Crippen LogP contribution in [0.25, 0.3) is 10.2 Å². The van der Waals surface area contributed by atoms with Crippen LogP contribution in [0.4, 0.5) is 5.82 Å². The molecule has 3 rings (SSSR count). The van der Waals surface area contributed by atoms with Crippen LogP contribution in [0.15, 0.2) is 41.3 Å². The van der Waals surface area contributed by atoms with Gasteiger partial charge in [-0.2, -0.15) is 0 Å². The van der Waals surface area contributed by atoms with Crippen LogP contribution in [-0.4, -0.2) is 30.7 Å². The van der Waals surface area contributed by atoms with Gasteiger partial charge in [-0.1, -0.05) is 25.1 Å². The SMILES string of the molecule is CCc1nc(NCCS(=O)(=O)c2ccccc2)c2cc(C)sc2n1. The average molecular weight is 361 g/mol. The lowest BCUT2D eigenvalue weighted by Crippen LogP contribution is -2.17. The van der Waals surface area contributed by atoms with Crippen molar-refractivity contribution in [2.45, 2.75) is 25.2 Å². The second-order valence-corrected chi connectivity index (χ2v) is 8.82. The molecule has 0 saturated carbocycles. The Morgan fingerprint density at radius 2 is 1.92 bits per heavy atom. The van der Waals surface area contributed by atoms with Crippen molar-refractivity contribution in [2.75, 3.05) is 17.6 Å². The van der Waals surface area contributed by atoms with Crippen LogP contribution >= 0.6 is 11.3 Å². The van der Waals surface area contributed by atoms with Crippen molar-refractivity contribution in [3.05, 3.63) is 47.1 Å². The van der Waals surface area contributed by atoms with Crippen LogP contribution < -0.4 is 5.32 Å². The molecule has 2 heterocycles. The summed E-state index contributed by atoms with van der Waals surface area (Å²) in [5, 5.41) is 4.13. The molecule has 0 aliphatic carbocycles. The first kappa shape index (κ1) is 16.9. The van der Waals surface area contributed by atoms with E-state index >= 15 is 0 Å². The number of sulfone groups is 1. The quantitative estimate of drug-likeness (QED) is 0.728. The molecule has 1 aromatic carbocycles. The van der Waals surface area contributed by atoms with Crippen molar-refractivity contribution in [3.63, 3.8) is 0 Å². The third kappa shape index (κ3) is 3.57. The Hall–Kier alpha value is -1.99. The summed E-state index contributed by atoms with van der Waals surface area (Å²) in [6.45, 7) is 4.34. The van der Waals surface area contributed by atoms with Crippen LogP contribution in [0.1, 0.15) is 17.6 Å². The van der Waals surface area contributed by atoms with E-state index in [0.717, 1.165) is 27.3 Å². The highest BCUT2D eigenvalue weighted by atomic mass is 32.2. The number of thiophene rings is 1. The number of nitrogens with zero attached hydrogens (tertiary/aromatic N) is 2. The van der Waals surface area contributed by atoms with Crippen LogP contribution in [0.3, 0.4) is 0 Å². The normalized spacial score (nSPS) is 11.8. The van der Waals surface area contributed by atoms with E-state index in [9.17, 15) is 8.42 Å². The van der Waals surface area contributed by atoms with Gasteiger partial charge in [-0.15, -0.1) is 11.3 Å². The van der Waals surface area contributed by atoms with E-state index < -0.39 is 9.84 Å². The van der Waals surface area contributed by atoms with Crippen molar-refractivity contribution in [3.8, 4) is 0 Å². The summed E-state index contributed by atoms with van der Waals surface area (Å²) >= 11 is 1.62. The van der Waals surface area contributed by atoms with Crippen molar-refractivity contribution < 1.29 is 8.42 Å². The molecular formula is C17H19N3O2S2. The van der Waals surface area contributed by atoms with Gasteiger partial charge in [0.15, 0.2) is 9.84 Å². The fraction of sp³-hybridized carbons (Fsp3) is 0.294. The first-order valence-corrected chi connectivity index (χ1v) is 10.2. The van der Waals surface area contributed by atoms with Crippen LogP contribution in [-0.2, 0) is 16.3 Å². The van der Waals surface area contributed by atoms with E-state index in [-0.39, 0.29) is 5.75 Å². The van der Waals surface area contributed by atoms with Gasteiger partial charge in [0.2, 0.25) is 0 Å². The van der Waals surface area contributed by atoms with E-state index in [4.69, 9.17) is 0 Å². The Kier molecular flexibility index (Phi) is 4.82. The molecule has 0 saturated heterocycles. The molecular weight excluding hydrogens is 342 g/mol. The number of aromatic nitrogens is 2. The smallest absolute Gasteiger partial charge is 0.180 e. The van der Waals surface area contributed by atoms with Gasteiger partial charge in [-0.05, 0) is 25.1 Å². The average Bonchev–Trinajstić information content (AvgIpc) is 2.95. The number of hydrogen-bond acceptors (Lipinski definition) is 6. The second-order valence-electron chi connectivity index (χ2n) is 5.48. The van der Waals surface area contributed by atoms with Gasteiger partial charge in [-0.25, -0.2) is 18.4 Å². The molecule has 5 nitrogen and oxygen atoms in total. The van der Waals surface area contributed by atoms with Gasteiger partial charge in [0.05, 0.1) is 16.0 Å². The third-order valence-corrected chi connectivity index (χ3v) is 6.32. The van der Waals surface area contributed by atoms with Gasteiger partial charge >= 0.3 is 0 Å². The predicted octanol–water partition coefficient (Wildman–Crippen LogP) is 3.45. The standard InChI is InChI=1S/C17H19N3O2S2/c1-3-15-19-16(14-11-12(2)23-17(14)20-15)18-9-10-24(21,22)13-7-5-4-6-8-13/h4-8,11H,3,9-10H2,1-2H3,(H,18,19,20). The maximum Gasteiger partial charge on any atom is 0.180 e. The summed E-state index contributed by atoms with van der Waals surface area (Å²) < 4.78 is 24.7. The molecule has 2 aromatic heterocycles. The summed E-state index contributed by atoms with van der Waals surface area (Å²) in [6, 6.07) is 10.5. The summed E-state index contributed by atoms with van der Waals surface area (Å²) in [7, 11) is -3.30. The minimum Gasteiger partial charge on any atom is -0.368 e. The fourth-order valence-corrected chi connectivity index (χ4v) is 4.51. The number of rotatable bonds is 6. The monoisotopic (exact) mass is 361 g/mol. The van der Waals surface area contributed by atoms with Gasteiger partial charge in [-0.3, -0.25) is 0 Å². The van der Waals surface area contributed by atoms with E-state index in [1.54, 1.807) is 41.7 Å². The highest BCUT2D eigenvalue weighted by molar-refractivity contribution is 7.91. The highest BCUT2D eigenvalue weighted by Crippen LogP contribution is 2.28. The first-order chi connectivity index (χ1) is 11.5. The summed E-state index contributed by atoms with van der Waals surface area (Å²) in [6.07, 6.45) is 0.740. The lowest BCUT2D eigenvalue weighted by molar-refractivity contribution is 0.596. The van der Waals surface area contributed by atoms with E-state index in [1.165, 1.54) is 0 Å². The Morgan fingerprint density at radius 1 is 1.17 bits per heavy atom. The third-order valence-electron chi connectivity index (χ3n) is 3.64. The number of hydrogen-bond donors (Lipinski definition) is 1. The Morgan fingerprint density at radius 3 is 2.62 bits per heavy atom. The van der Waals surface area contributed by atoms with Crippen molar-refractivity contribution >= 4 is 37.2 Å². The number of benzene rings is 1. The second kappa shape index (κ2) is 6.86. The summed E-state index contributed by atoms with van der Waals surface area (Å²) in [5.74, 6) is 1.50. The number of aryl methyl sites for hydroxylation is 2. The lowest BCUT2D eigenvalue weighted by Gasteiger charge is -2.09. The minimum atomic E-state index is -3.30.